The molecule has 2 saturated carbocycles. The van der Waals surface area contributed by atoms with E-state index in [0.717, 1.165) is 29.2 Å². The van der Waals surface area contributed by atoms with Crippen LogP contribution in [0, 0.1) is 5.92 Å². The second-order valence-electron chi connectivity index (χ2n) is 6.40. The molecule has 2 fully saturated rings. The topological polar surface area (TPSA) is 61.0 Å². The zero-order valence-corrected chi connectivity index (χ0v) is 12.7. The summed E-state index contributed by atoms with van der Waals surface area (Å²) in [6.45, 7) is 2.08. The maximum absolute atomic E-state index is 6.58. The van der Waals surface area contributed by atoms with Gasteiger partial charge in [0, 0.05) is 17.9 Å². The van der Waals surface area contributed by atoms with Gasteiger partial charge in [0.1, 0.15) is 11.3 Å². The number of fused-ring (bicyclic) bond motifs is 1. The van der Waals surface area contributed by atoms with Gasteiger partial charge in [-0.15, -0.1) is 0 Å². The molecule has 0 amide bonds. The molecule has 0 unspecified atom stereocenters. The van der Waals surface area contributed by atoms with E-state index in [4.69, 9.17) is 22.1 Å². The molecule has 0 aliphatic heterocycles. The van der Waals surface area contributed by atoms with Crippen molar-refractivity contribution in [1.29, 1.82) is 0 Å². The summed E-state index contributed by atoms with van der Waals surface area (Å²) in [6, 6.07) is 1.88. The number of nitrogens with two attached hydrogens (primary N) is 1. The number of halogens is 1. The second-order valence-corrected chi connectivity index (χ2v) is 6.79. The molecule has 2 aliphatic rings. The van der Waals surface area contributed by atoms with Crippen LogP contribution in [0.4, 0.5) is 0 Å². The van der Waals surface area contributed by atoms with Gasteiger partial charge < -0.3 is 10.5 Å². The third-order valence-electron chi connectivity index (χ3n) is 4.51. The van der Waals surface area contributed by atoms with Crippen molar-refractivity contribution in [3.8, 4) is 5.88 Å². The lowest BCUT2D eigenvalue weighted by Gasteiger charge is -2.26. The molecule has 110 valence electrons. The van der Waals surface area contributed by atoms with Gasteiger partial charge in [-0.1, -0.05) is 11.6 Å². The number of aromatic nitrogens is 2. The highest BCUT2D eigenvalue weighted by atomic mass is 35.5. The average Bonchev–Trinajstić information content (AvgIpc) is 3.31. The van der Waals surface area contributed by atoms with Crippen LogP contribution in [0.15, 0.2) is 18.5 Å². The first-order valence-electron chi connectivity index (χ1n) is 7.46. The number of hydrogen-bond donors (Lipinski definition) is 1. The van der Waals surface area contributed by atoms with Gasteiger partial charge in [-0.25, -0.2) is 9.97 Å². The molecular formula is C16H18ClN3O. The molecule has 2 aromatic heterocycles. The standard InChI is InChI=1S/C16H18ClN3O/c1-16(18,9-2-3-9)13-8-20-15(21-10-4-5-10)12-7-19-14(17)6-11(12)13/h6-10H,2-5,18H2,1H3/t16-/m1/s1. The van der Waals surface area contributed by atoms with Crippen LogP contribution in [0.25, 0.3) is 10.8 Å². The molecular weight excluding hydrogens is 286 g/mol. The quantitative estimate of drug-likeness (QED) is 0.879. The molecule has 21 heavy (non-hydrogen) atoms. The van der Waals surface area contributed by atoms with Gasteiger partial charge in [0.15, 0.2) is 0 Å². The highest BCUT2D eigenvalue weighted by molar-refractivity contribution is 6.30. The van der Waals surface area contributed by atoms with Gasteiger partial charge in [0.05, 0.1) is 5.39 Å². The SMILES string of the molecule is C[C@](N)(c1cnc(OC2CC2)c2cnc(Cl)cc12)C1CC1. The fourth-order valence-electron chi connectivity index (χ4n) is 2.86. The lowest BCUT2D eigenvalue weighted by molar-refractivity contribution is 0.294. The van der Waals surface area contributed by atoms with Crippen LogP contribution in [0.1, 0.15) is 38.2 Å². The van der Waals surface area contributed by atoms with E-state index in [0.29, 0.717) is 23.1 Å². The van der Waals surface area contributed by atoms with E-state index >= 15 is 0 Å². The lowest BCUT2D eigenvalue weighted by atomic mass is 9.86. The van der Waals surface area contributed by atoms with E-state index in [2.05, 4.69) is 16.9 Å². The van der Waals surface area contributed by atoms with Crippen LogP contribution >= 0.6 is 11.6 Å². The van der Waals surface area contributed by atoms with Gasteiger partial charge in [-0.2, -0.15) is 0 Å². The summed E-state index contributed by atoms with van der Waals surface area (Å²) < 4.78 is 5.89. The van der Waals surface area contributed by atoms with E-state index in [1.165, 1.54) is 12.8 Å². The molecule has 0 saturated heterocycles. The van der Waals surface area contributed by atoms with Crippen molar-refractivity contribution in [1.82, 2.24) is 9.97 Å². The molecule has 0 spiro atoms. The first-order valence-corrected chi connectivity index (χ1v) is 7.84. The molecule has 2 aromatic rings. The number of ether oxygens (including phenoxy) is 1. The van der Waals surface area contributed by atoms with Crippen molar-refractivity contribution in [3.63, 3.8) is 0 Å². The predicted molar refractivity (Wildman–Crippen MR) is 82.5 cm³/mol. The summed E-state index contributed by atoms with van der Waals surface area (Å²) in [5.41, 5.74) is 7.23. The molecule has 0 radical (unpaired) electrons. The van der Waals surface area contributed by atoms with E-state index < -0.39 is 0 Å². The van der Waals surface area contributed by atoms with Gasteiger partial charge in [-0.3, -0.25) is 0 Å². The molecule has 4 nitrogen and oxygen atoms in total. The molecule has 0 bridgehead atoms. The monoisotopic (exact) mass is 303 g/mol. The lowest BCUT2D eigenvalue weighted by Crippen LogP contribution is -2.35. The zero-order valence-electron chi connectivity index (χ0n) is 12.0. The van der Waals surface area contributed by atoms with E-state index in [-0.39, 0.29) is 5.54 Å². The Bertz CT molecular complexity index is 708. The number of hydrogen-bond acceptors (Lipinski definition) is 4. The molecule has 1 atom stereocenters. The molecule has 2 aliphatic carbocycles. The van der Waals surface area contributed by atoms with Crippen molar-refractivity contribution in [2.24, 2.45) is 11.7 Å². The van der Waals surface area contributed by atoms with Crippen molar-refractivity contribution < 1.29 is 4.74 Å². The summed E-state index contributed by atoms with van der Waals surface area (Å²) in [7, 11) is 0. The minimum absolute atomic E-state index is 0.301. The van der Waals surface area contributed by atoms with Crippen LogP contribution < -0.4 is 10.5 Å². The summed E-state index contributed by atoms with van der Waals surface area (Å²) in [5.74, 6) is 1.16. The van der Waals surface area contributed by atoms with Crippen LogP contribution in [-0.4, -0.2) is 16.1 Å². The Kier molecular flexibility index (Phi) is 2.88. The molecule has 2 N–H and O–H groups in total. The smallest absolute Gasteiger partial charge is 0.223 e. The van der Waals surface area contributed by atoms with Crippen molar-refractivity contribution in [2.45, 2.75) is 44.2 Å². The Morgan fingerprint density at radius 2 is 1.95 bits per heavy atom. The molecule has 5 heteroatoms. The first-order chi connectivity index (χ1) is 10.1. The Morgan fingerprint density at radius 1 is 1.19 bits per heavy atom. The van der Waals surface area contributed by atoms with Gasteiger partial charge in [0.2, 0.25) is 5.88 Å². The zero-order chi connectivity index (χ0) is 14.6. The Labute approximate surface area is 128 Å². The largest absolute Gasteiger partial charge is 0.474 e. The third kappa shape index (κ3) is 2.36. The minimum atomic E-state index is -0.381. The maximum atomic E-state index is 6.58. The van der Waals surface area contributed by atoms with Crippen LogP contribution in [0.2, 0.25) is 5.15 Å². The summed E-state index contributed by atoms with van der Waals surface area (Å²) in [6.07, 6.45) is 8.45. The average molecular weight is 304 g/mol. The van der Waals surface area contributed by atoms with E-state index in [1.54, 1.807) is 6.20 Å². The number of nitrogens with zero attached hydrogens (tertiary/aromatic N) is 2. The fourth-order valence-corrected chi connectivity index (χ4v) is 3.01. The first kappa shape index (κ1) is 13.3. The number of pyridine rings is 2. The number of rotatable bonds is 4. The van der Waals surface area contributed by atoms with E-state index in [1.807, 2.05) is 12.3 Å². The second kappa shape index (κ2) is 4.55. The molecule has 4 rings (SSSR count). The normalized spacial score (nSPS) is 21.3. The summed E-state index contributed by atoms with van der Waals surface area (Å²) in [5, 5.41) is 2.39. The highest BCUT2D eigenvalue weighted by Gasteiger charge is 2.41. The van der Waals surface area contributed by atoms with Crippen molar-refractivity contribution >= 4 is 22.4 Å². The Balaban J connectivity index is 1.88. The molecule has 2 heterocycles. The Morgan fingerprint density at radius 3 is 2.62 bits per heavy atom. The summed E-state index contributed by atoms with van der Waals surface area (Å²) >= 11 is 6.09. The van der Waals surface area contributed by atoms with Crippen molar-refractivity contribution in [2.75, 3.05) is 0 Å². The minimum Gasteiger partial charge on any atom is -0.474 e. The van der Waals surface area contributed by atoms with Crippen LogP contribution in [0.5, 0.6) is 5.88 Å². The predicted octanol–water partition coefficient (Wildman–Crippen LogP) is 3.41. The maximum Gasteiger partial charge on any atom is 0.223 e. The van der Waals surface area contributed by atoms with E-state index in [9.17, 15) is 0 Å². The summed E-state index contributed by atoms with van der Waals surface area (Å²) in [4.78, 5) is 8.69. The fraction of sp³-hybridized carbons (Fsp3) is 0.500. The van der Waals surface area contributed by atoms with Crippen molar-refractivity contribution in [3.05, 3.63) is 29.2 Å². The molecule has 0 aromatic carbocycles. The third-order valence-corrected chi connectivity index (χ3v) is 4.72. The van der Waals surface area contributed by atoms with Gasteiger partial charge in [-0.05, 0) is 55.5 Å². The van der Waals surface area contributed by atoms with Crippen LogP contribution in [-0.2, 0) is 5.54 Å². The van der Waals surface area contributed by atoms with Gasteiger partial charge in [0.25, 0.3) is 0 Å². The Hall–Kier alpha value is -1.39. The van der Waals surface area contributed by atoms with Gasteiger partial charge >= 0.3 is 0 Å². The van der Waals surface area contributed by atoms with Crippen LogP contribution in [0.3, 0.4) is 0 Å². The highest BCUT2D eigenvalue weighted by Crippen LogP contribution is 2.46.